The molecule has 2 amide bonds. The third kappa shape index (κ3) is 4.81. The molecule has 24 heavy (non-hydrogen) atoms. The van der Waals surface area contributed by atoms with Crippen molar-refractivity contribution < 1.29 is 14.0 Å². The molecule has 2 rings (SSSR count). The van der Waals surface area contributed by atoms with E-state index in [9.17, 15) is 18.8 Å². The summed E-state index contributed by atoms with van der Waals surface area (Å²) in [5.74, 6) is -1.53. The number of halogens is 1. The number of rotatable bonds is 4. The Bertz CT molecular complexity index is 809. The summed E-state index contributed by atoms with van der Waals surface area (Å²) in [5.41, 5.74) is 9.68. The predicted molar refractivity (Wildman–Crippen MR) is 86.6 cm³/mol. The molecule has 5 N–H and O–H groups in total. The van der Waals surface area contributed by atoms with Gasteiger partial charge >= 0.3 is 0 Å². The predicted octanol–water partition coefficient (Wildman–Crippen LogP) is 0.433. The average molecular weight is 351 g/mol. The molecule has 1 heterocycles. The number of hydrogen-bond donors (Lipinski definition) is 4. The fraction of sp³-hybridized carbons (Fsp3) is 0.143. The first-order valence-electron chi connectivity index (χ1n) is 6.74. The van der Waals surface area contributed by atoms with Crippen LogP contribution in [0.1, 0.15) is 17.3 Å². The van der Waals surface area contributed by atoms with Gasteiger partial charge in [0.2, 0.25) is 0 Å². The summed E-state index contributed by atoms with van der Waals surface area (Å²) in [7, 11) is 0. The first-order chi connectivity index (χ1) is 11.3. The van der Waals surface area contributed by atoms with Gasteiger partial charge in [0, 0.05) is 11.6 Å². The number of aromatic amines is 1. The van der Waals surface area contributed by atoms with Crippen LogP contribution in [0.4, 0.5) is 10.2 Å². The van der Waals surface area contributed by atoms with E-state index in [-0.39, 0.29) is 16.5 Å². The summed E-state index contributed by atoms with van der Waals surface area (Å²) < 4.78 is 12.8. The fourth-order valence-corrected chi connectivity index (χ4v) is 2.44. The Labute approximate surface area is 140 Å². The highest BCUT2D eigenvalue weighted by Gasteiger charge is 2.17. The van der Waals surface area contributed by atoms with Crippen molar-refractivity contribution >= 4 is 29.4 Å². The van der Waals surface area contributed by atoms with Crippen LogP contribution in [0.5, 0.6) is 0 Å². The highest BCUT2D eigenvalue weighted by atomic mass is 32.2. The summed E-state index contributed by atoms with van der Waals surface area (Å²) in [5, 5.41) is -0.476. The minimum Gasteiger partial charge on any atom is -0.383 e. The largest absolute Gasteiger partial charge is 0.383 e. The van der Waals surface area contributed by atoms with Crippen molar-refractivity contribution in [1.29, 1.82) is 0 Å². The molecule has 0 aliphatic rings. The number of benzene rings is 1. The molecule has 0 saturated heterocycles. The molecule has 2 aromatic rings. The first kappa shape index (κ1) is 17.5. The molecule has 1 aromatic heterocycles. The number of nitrogens with two attached hydrogens (primary N) is 1. The Kier molecular flexibility index (Phi) is 5.53. The maximum Gasteiger partial charge on any atom is 0.269 e. The molecule has 0 bridgehead atoms. The second-order valence-electron chi connectivity index (χ2n) is 4.69. The summed E-state index contributed by atoms with van der Waals surface area (Å²) in [4.78, 5) is 41.4. The third-order valence-electron chi connectivity index (χ3n) is 2.80. The highest BCUT2D eigenvalue weighted by molar-refractivity contribution is 8.00. The van der Waals surface area contributed by atoms with Gasteiger partial charge in [-0.25, -0.2) is 9.37 Å². The van der Waals surface area contributed by atoms with Crippen molar-refractivity contribution in [2.45, 2.75) is 17.3 Å². The van der Waals surface area contributed by atoms with Crippen LogP contribution in [-0.2, 0) is 4.79 Å². The lowest BCUT2D eigenvalue weighted by atomic mass is 10.2. The second kappa shape index (κ2) is 7.59. The van der Waals surface area contributed by atoms with Gasteiger partial charge in [-0.05, 0) is 31.2 Å². The zero-order chi connectivity index (χ0) is 17.7. The van der Waals surface area contributed by atoms with E-state index in [1.165, 1.54) is 12.1 Å². The molecule has 0 fully saturated rings. The van der Waals surface area contributed by atoms with Crippen molar-refractivity contribution in [2.75, 3.05) is 5.73 Å². The summed E-state index contributed by atoms with van der Waals surface area (Å²) in [6.45, 7) is 1.56. The van der Waals surface area contributed by atoms with Crippen molar-refractivity contribution in [3.05, 3.63) is 52.1 Å². The van der Waals surface area contributed by atoms with Gasteiger partial charge in [-0.3, -0.25) is 25.2 Å². The molecule has 126 valence electrons. The Morgan fingerprint density at radius 3 is 2.58 bits per heavy atom. The van der Waals surface area contributed by atoms with Crippen LogP contribution in [0.2, 0.25) is 0 Å². The number of thioether (sulfide) groups is 1. The molecule has 0 spiro atoms. The Morgan fingerprint density at radius 1 is 1.29 bits per heavy atom. The minimum atomic E-state index is -0.663. The van der Waals surface area contributed by atoms with Crippen LogP contribution in [0.3, 0.4) is 0 Å². The Morgan fingerprint density at radius 2 is 1.96 bits per heavy atom. The second-order valence-corrected chi connectivity index (χ2v) is 6.02. The van der Waals surface area contributed by atoms with Crippen LogP contribution < -0.4 is 22.1 Å². The van der Waals surface area contributed by atoms with E-state index in [2.05, 4.69) is 20.8 Å². The van der Waals surface area contributed by atoms with Gasteiger partial charge in [0.25, 0.3) is 17.4 Å². The van der Waals surface area contributed by atoms with E-state index < -0.39 is 28.4 Å². The number of carbonyl (C=O) groups excluding carboxylic acids is 2. The molecule has 1 aromatic carbocycles. The van der Waals surface area contributed by atoms with Crippen molar-refractivity contribution in [3.63, 3.8) is 0 Å². The van der Waals surface area contributed by atoms with E-state index in [4.69, 9.17) is 5.73 Å². The van der Waals surface area contributed by atoms with Crippen molar-refractivity contribution in [1.82, 2.24) is 20.8 Å². The van der Waals surface area contributed by atoms with Crippen LogP contribution >= 0.6 is 11.8 Å². The van der Waals surface area contributed by atoms with Crippen LogP contribution in [0.25, 0.3) is 0 Å². The summed E-state index contributed by atoms with van der Waals surface area (Å²) >= 11 is 0.970. The highest BCUT2D eigenvalue weighted by Crippen LogP contribution is 2.18. The van der Waals surface area contributed by atoms with Crippen LogP contribution in [-0.4, -0.2) is 27.0 Å². The maximum atomic E-state index is 12.8. The number of nitrogens with zero attached hydrogens (tertiary/aromatic N) is 1. The molecule has 0 saturated carbocycles. The summed E-state index contributed by atoms with van der Waals surface area (Å²) in [6, 6.07) is 5.97. The smallest absolute Gasteiger partial charge is 0.269 e. The topological polar surface area (TPSA) is 130 Å². The van der Waals surface area contributed by atoms with Crippen molar-refractivity contribution in [3.8, 4) is 0 Å². The van der Waals surface area contributed by atoms with Crippen LogP contribution in [0, 0.1) is 5.82 Å². The molecular weight excluding hydrogens is 337 g/mol. The number of amides is 2. The molecule has 1 atom stereocenters. The SMILES string of the molecule is C[C@@H](Sc1nc(N)cc(=O)[nH]1)C(=O)NNC(=O)c1ccc(F)cc1. The lowest BCUT2D eigenvalue weighted by molar-refractivity contribution is -0.121. The Balaban J connectivity index is 1.90. The molecular formula is C14H14FN5O3S. The number of carbonyl (C=O) groups is 2. The quantitative estimate of drug-likeness (QED) is 0.359. The fourth-order valence-electron chi connectivity index (χ4n) is 1.62. The van der Waals surface area contributed by atoms with Gasteiger partial charge < -0.3 is 10.7 Å². The first-order valence-corrected chi connectivity index (χ1v) is 7.62. The maximum absolute atomic E-state index is 12.8. The number of nitrogen functional groups attached to an aromatic ring is 1. The van der Waals surface area contributed by atoms with Gasteiger partial charge in [0.05, 0.1) is 5.25 Å². The Hall–Kier alpha value is -2.88. The lowest BCUT2D eigenvalue weighted by Gasteiger charge is -2.12. The van der Waals surface area contributed by atoms with Crippen molar-refractivity contribution in [2.24, 2.45) is 0 Å². The van der Waals surface area contributed by atoms with Gasteiger partial charge in [-0.15, -0.1) is 0 Å². The third-order valence-corrected chi connectivity index (χ3v) is 3.79. The monoisotopic (exact) mass is 351 g/mol. The number of aromatic nitrogens is 2. The molecule has 0 aliphatic carbocycles. The van der Waals surface area contributed by atoms with Gasteiger partial charge in [0.1, 0.15) is 11.6 Å². The van der Waals surface area contributed by atoms with E-state index in [1.54, 1.807) is 6.92 Å². The number of hydrazine groups is 1. The average Bonchev–Trinajstić information content (AvgIpc) is 2.51. The van der Waals surface area contributed by atoms with E-state index in [0.29, 0.717) is 0 Å². The molecule has 0 aliphatic heterocycles. The minimum absolute atomic E-state index is 0.0403. The molecule has 10 heteroatoms. The van der Waals surface area contributed by atoms with Gasteiger partial charge in [0.15, 0.2) is 5.16 Å². The number of H-pyrrole nitrogens is 1. The molecule has 0 radical (unpaired) electrons. The van der Waals surface area contributed by atoms with E-state index >= 15 is 0 Å². The standard InChI is InChI=1S/C14H14FN5O3S/c1-7(24-14-17-10(16)6-11(21)18-14)12(22)19-20-13(23)8-2-4-9(15)5-3-8/h2-7H,1H3,(H,19,22)(H,20,23)(H3,16,17,18,21)/t7-/m1/s1. The zero-order valence-corrected chi connectivity index (χ0v) is 13.3. The zero-order valence-electron chi connectivity index (χ0n) is 12.5. The number of nitrogens with one attached hydrogen (secondary N) is 3. The summed E-state index contributed by atoms with van der Waals surface area (Å²) in [6.07, 6.45) is 0. The van der Waals surface area contributed by atoms with Gasteiger partial charge in [-0.1, -0.05) is 11.8 Å². The van der Waals surface area contributed by atoms with E-state index in [1.807, 2.05) is 0 Å². The van der Waals surface area contributed by atoms with Crippen LogP contribution in [0.15, 0.2) is 40.3 Å². The number of hydrogen-bond acceptors (Lipinski definition) is 6. The lowest BCUT2D eigenvalue weighted by Crippen LogP contribution is -2.45. The normalized spacial score (nSPS) is 11.6. The van der Waals surface area contributed by atoms with E-state index in [0.717, 1.165) is 30.0 Å². The number of anilines is 1. The molecule has 0 unspecified atom stereocenters. The van der Waals surface area contributed by atoms with Gasteiger partial charge in [-0.2, -0.15) is 0 Å². The molecule has 8 nitrogen and oxygen atoms in total.